The fourth-order valence-electron chi connectivity index (χ4n) is 3.66. The highest BCUT2D eigenvalue weighted by Crippen LogP contribution is 2.32. The Balaban J connectivity index is 1.54. The summed E-state index contributed by atoms with van der Waals surface area (Å²) in [4.78, 5) is 28.5. The zero-order valence-electron chi connectivity index (χ0n) is 14.2. The molecule has 0 bridgehead atoms. The molecule has 26 heavy (non-hydrogen) atoms. The molecule has 5 nitrogen and oxygen atoms in total. The van der Waals surface area contributed by atoms with Crippen LogP contribution in [-0.2, 0) is 9.53 Å². The molecular formula is C19H19FN2O3S. The summed E-state index contributed by atoms with van der Waals surface area (Å²) in [6.07, 6.45) is 1.60. The van der Waals surface area contributed by atoms with Gasteiger partial charge in [0.25, 0.3) is 11.8 Å². The van der Waals surface area contributed by atoms with E-state index in [4.69, 9.17) is 4.74 Å². The maximum Gasteiger partial charge on any atom is 0.254 e. The van der Waals surface area contributed by atoms with Crippen LogP contribution in [0.5, 0.6) is 0 Å². The van der Waals surface area contributed by atoms with Gasteiger partial charge in [-0.05, 0) is 48.6 Å². The number of rotatable bonds is 2. The highest BCUT2D eigenvalue weighted by molar-refractivity contribution is 7.08. The first-order chi connectivity index (χ1) is 12.6. The lowest BCUT2D eigenvalue weighted by atomic mass is 9.90. The molecule has 4 rings (SSSR count). The Bertz CT molecular complexity index is 809. The number of morpholine rings is 1. The van der Waals surface area contributed by atoms with E-state index in [0.717, 1.165) is 12.8 Å². The average Bonchev–Trinajstić information content (AvgIpc) is 3.19. The van der Waals surface area contributed by atoms with Gasteiger partial charge in [-0.25, -0.2) is 4.39 Å². The van der Waals surface area contributed by atoms with Gasteiger partial charge in [0.15, 0.2) is 0 Å². The number of halogens is 1. The Morgan fingerprint density at radius 3 is 2.73 bits per heavy atom. The summed E-state index contributed by atoms with van der Waals surface area (Å²) < 4.78 is 19.1. The predicted octanol–water partition coefficient (Wildman–Crippen LogP) is 2.93. The van der Waals surface area contributed by atoms with Crippen LogP contribution in [0, 0.1) is 5.82 Å². The molecule has 3 heterocycles. The number of anilines is 1. The van der Waals surface area contributed by atoms with Crippen LogP contribution >= 0.6 is 11.3 Å². The van der Waals surface area contributed by atoms with E-state index in [1.54, 1.807) is 17.0 Å². The van der Waals surface area contributed by atoms with E-state index >= 15 is 0 Å². The second-order valence-corrected chi connectivity index (χ2v) is 7.55. The monoisotopic (exact) mass is 374 g/mol. The average molecular weight is 374 g/mol. The van der Waals surface area contributed by atoms with Gasteiger partial charge in [-0.15, -0.1) is 0 Å². The van der Waals surface area contributed by atoms with Gasteiger partial charge in [0.2, 0.25) is 0 Å². The summed E-state index contributed by atoms with van der Waals surface area (Å²) in [6, 6.07) is 7.72. The van der Waals surface area contributed by atoms with Crippen molar-refractivity contribution in [3.05, 3.63) is 52.5 Å². The quantitative estimate of drug-likeness (QED) is 0.812. The third-order valence-electron chi connectivity index (χ3n) is 4.98. The normalized spacial score (nSPS) is 23.5. The standard InChI is InChI=1S/C19H19FN2O3S/c20-15-2-4-16(5-3-15)22-13-19(25-10-17(22)23)7-1-8-21(12-19)18(24)14-6-9-26-11-14/h2-6,9,11H,1,7-8,10,12-13H2. The minimum atomic E-state index is -0.577. The van der Waals surface area contributed by atoms with Crippen LogP contribution in [0.4, 0.5) is 10.1 Å². The first kappa shape index (κ1) is 17.2. The molecule has 2 fully saturated rings. The third kappa shape index (κ3) is 3.24. The van der Waals surface area contributed by atoms with Gasteiger partial charge in [-0.3, -0.25) is 9.59 Å². The van der Waals surface area contributed by atoms with Crippen LogP contribution in [-0.4, -0.2) is 48.6 Å². The number of thiophene rings is 1. The van der Waals surface area contributed by atoms with Crippen molar-refractivity contribution < 1.29 is 18.7 Å². The Kier molecular flexibility index (Phi) is 4.50. The van der Waals surface area contributed by atoms with Gasteiger partial charge in [0, 0.05) is 17.6 Å². The first-order valence-electron chi connectivity index (χ1n) is 8.58. The molecule has 0 saturated carbocycles. The summed E-state index contributed by atoms with van der Waals surface area (Å²) in [6.45, 7) is 1.47. The fraction of sp³-hybridized carbons (Fsp3) is 0.368. The topological polar surface area (TPSA) is 49.9 Å². The molecule has 2 aromatic rings. The Hall–Kier alpha value is -2.25. The van der Waals surface area contributed by atoms with Crippen molar-refractivity contribution >= 4 is 28.8 Å². The number of likely N-dealkylation sites (tertiary alicyclic amines) is 1. The molecule has 1 aromatic carbocycles. The highest BCUT2D eigenvalue weighted by atomic mass is 32.1. The minimum absolute atomic E-state index is 0.000780. The van der Waals surface area contributed by atoms with Crippen LogP contribution in [0.15, 0.2) is 41.1 Å². The number of carbonyl (C=O) groups is 2. The molecule has 2 saturated heterocycles. The van der Waals surface area contributed by atoms with Crippen LogP contribution in [0.25, 0.3) is 0 Å². The van der Waals surface area contributed by atoms with Crippen molar-refractivity contribution in [3.63, 3.8) is 0 Å². The van der Waals surface area contributed by atoms with Crippen molar-refractivity contribution in [2.24, 2.45) is 0 Å². The number of carbonyl (C=O) groups excluding carboxylic acids is 2. The smallest absolute Gasteiger partial charge is 0.254 e. The van der Waals surface area contributed by atoms with Gasteiger partial charge in [0.1, 0.15) is 18.0 Å². The zero-order valence-corrected chi connectivity index (χ0v) is 15.0. The Morgan fingerprint density at radius 2 is 2.00 bits per heavy atom. The summed E-state index contributed by atoms with van der Waals surface area (Å²) in [5.41, 5.74) is 0.765. The summed E-state index contributed by atoms with van der Waals surface area (Å²) in [5, 5.41) is 3.73. The number of benzene rings is 1. The molecular weight excluding hydrogens is 355 g/mol. The van der Waals surface area contributed by atoms with Gasteiger partial charge < -0.3 is 14.5 Å². The lowest BCUT2D eigenvalue weighted by Crippen LogP contribution is -2.62. The molecule has 2 aliphatic heterocycles. The molecule has 0 radical (unpaired) electrons. The van der Waals surface area contributed by atoms with Gasteiger partial charge in [-0.1, -0.05) is 0 Å². The second kappa shape index (κ2) is 6.81. The summed E-state index contributed by atoms with van der Waals surface area (Å²) >= 11 is 1.50. The molecule has 136 valence electrons. The zero-order chi connectivity index (χ0) is 18.1. The Morgan fingerprint density at radius 1 is 1.19 bits per heavy atom. The third-order valence-corrected chi connectivity index (χ3v) is 5.67. The lowest BCUT2D eigenvalue weighted by Gasteiger charge is -2.47. The maximum absolute atomic E-state index is 13.2. The van der Waals surface area contributed by atoms with E-state index in [2.05, 4.69) is 0 Å². The molecule has 0 N–H and O–H groups in total. The second-order valence-electron chi connectivity index (χ2n) is 6.77. The molecule has 1 spiro atoms. The number of ether oxygens (including phenoxy) is 1. The molecule has 0 aliphatic carbocycles. The number of amides is 2. The number of piperidine rings is 1. The lowest BCUT2D eigenvalue weighted by molar-refractivity contribution is -0.144. The van der Waals surface area contributed by atoms with E-state index < -0.39 is 5.60 Å². The van der Waals surface area contributed by atoms with Gasteiger partial charge in [0.05, 0.1) is 18.7 Å². The molecule has 2 amide bonds. The molecule has 7 heteroatoms. The van der Waals surface area contributed by atoms with Crippen molar-refractivity contribution in [3.8, 4) is 0 Å². The number of nitrogens with zero attached hydrogens (tertiary/aromatic N) is 2. The van der Waals surface area contributed by atoms with E-state index in [9.17, 15) is 14.0 Å². The number of hydrogen-bond acceptors (Lipinski definition) is 4. The van der Waals surface area contributed by atoms with E-state index in [1.807, 2.05) is 21.7 Å². The van der Waals surface area contributed by atoms with E-state index in [0.29, 0.717) is 30.9 Å². The van der Waals surface area contributed by atoms with Crippen molar-refractivity contribution in [2.45, 2.75) is 18.4 Å². The first-order valence-corrected chi connectivity index (χ1v) is 9.52. The van der Waals surface area contributed by atoms with Crippen LogP contribution in [0.3, 0.4) is 0 Å². The summed E-state index contributed by atoms with van der Waals surface area (Å²) in [7, 11) is 0. The number of hydrogen-bond donors (Lipinski definition) is 0. The highest BCUT2D eigenvalue weighted by Gasteiger charge is 2.44. The van der Waals surface area contributed by atoms with Gasteiger partial charge >= 0.3 is 0 Å². The minimum Gasteiger partial charge on any atom is -0.361 e. The Labute approximate surface area is 155 Å². The van der Waals surface area contributed by atoms with Crippen molar-refractivity contribution in [1.82, 2.24) is 4.90 Å². The fourth-order valence-corrected chi connectivity index (χ4v) is 4.29. The van der Waals surface area contributed by atoms with Crippen LogP contribution in [0.2, 0.25) is 0 Å². The van der Waals surface area contributed by atoms with Crippen molar-refractivity contribution in [1.29, 1.82) is 0 Å². The predicted molar refractivity (Wildman–Crippen MR) is 96.9 cm³/mol. The van der Waals surface area contributed by atoms with Crippen LogP contribution in [0.1, 0.15) is 23.2 Å². The van der Waals surface area contributed by atoms with E-state index in [1.165, 1.54) is 23.5 Å². The summed E-state index contributed by atoms with van der Waals surface area (Å²) in [5.74, 6) is -0.489. The SMILES string of the molecule is O=C(c1ccsc1)N1CCCC2(C1)CN(c1ccc(F)cc1)C(=O)CO2. The van der Waals surface area contributed by atoms with Gasteiger partial charge in [-0.2, -0.15) is 11.3 Å². The molecule has 2 aliphatic rings. The largest absolute Gasteiger partial charge is 0.361 e. The van der Waals surface area contributed by atoms with Crippen molar-refractivity contribution in [2.75, 3.05) is 31.1 Å². The maximum atomic E-state index is 13.2. The van der Waals surface area contributed by atoms with E-state index in [-0.39, 0.29) is 24.2 Å². The molecule has 1 unspecified atom stereocenters. The van der Waals surface area contributed by atoms with Crippen LogP contribution < -0.4 is 4.90 Å². The molecule has 1 aromatic heterocycles. The molecule has 1 atom stereocenters.